The summed E-state index contributed by atoms with van der Waals surface area (Å²) in [5, 5.41) is 22.8. The van der Waals surface area contributed by atoms with Crippen molar-refractivity contribution in [1.29, 1.82) is 5.26 Å². The first-order chi connectivity index (χ1) is 12.5. The Bertz CT molecular complexity index is 1050. The molecule has 1 aromatic heterocycles. The van der Waals surface area contributed by atoms with Gasteiger partial charge in [0.15, 0.2) is 0 Å². The minimum atomic E-state index is -0.979. The quantitative estimate of drug-likeness (QED) is 0.317. The number of ketones is 1. The number of rotatable bonds is 5. The molecule has 1 atom stereocenters. The SMILES string of the molecule is N#C[C@H](NC(=O)C(=O)c1c[nH]c2ccc([N+](=O)[O-])cc12)c1ccccc1. The lowest BCUT2D eigenvalue weighted by Crippen LogP contribution is -2.33. The number of fused-ring (bicyclic) bond motifs is 1. The van der Waals surface area contributed by atoms with E-state index < -0.39 is 22.7 Å². The summed E-state index contributed by atoms with van der Waals surface area (Å²) in [7, 11) is 0. The van der Waals surface area contributed by atoms with Crippen LogP contribution in [0.3, 0.4) is 0 Å². The molecule has 0 saturated heterocycles. The molecule has 0 aliphatic heterocycles. The first-order valence-corrected chi connectivity index (χ1v) is 7.56. The van der Waals surface area contributed by atoms with Crippen molar-refractivity contribution in [2.75, 3.05) is 0 Å². The van der Waals surface area contributed by atoms with Gasteiger partial charge in [0.05, 0.1) is 16.6 Å². The van der Waals surface area contributed by atoms with Crippen LogP contribution in [-0.2, 0) is 4.79 Å². The molecule has 2 N–H and O–H groups in total. The number of carbonyl (C=O) groups excluding carboxylic acids is 2. The summed E-state index contributed by atoms with van der Waals surface area (Å²) in [4.78, 5) is 37.9. The van der Waals surface area contributed by atoms with Crippen molar-refractivity contribution in [3.8, 4) is 6.07 Å². The molecule has 8 nitrogen and oxygen atoms in total. The van der Waals surface area contributed by atoms with E-state index in [9.17, 15) is 25.0 Å². The molecule has 0 radical (unpaired) electrons. The van der Waals surface area contributed by atoms with E-state index in [1.54, 1.807) is 30.3 Å². The van der Waals surface area contributed by atoms with E-state index in [0.717, 1.165) is 0 Å². The van der Waals surface area contributed by atoms with Crippen molar-refractivity contribution < 1.29 is 14.5 Å². The standard InChI is InChI=1S/C18H12N4O4/c19-9-16(11-4-2-1-3-5-11)21-18(24)17(23)14-10-20-15-7-6-12(22(25)26)8-13(14)15/h1-8,10,16,20H,(H,21,24)/t16-/m0/s1. The van der Waals surface area contributed by atoms with Crippen LogP contribution < -0.4 is 5.32 Å². The number of benzene rings is 2. The molecule has 1 heterocycles. The first-order valence-electron chi connectivity index (χ1n) is 7.56. The number of aromatic nitrogens is 1. The summed E-state index contributed by atoms with van der Waals surface area (Å²) in [5.74, 6) is -1.85. The maximum Gasteiger partial charge on any atom is 0.293 e. The molecule has 0 aliphatic carbocycles. The first kappa shape index (κ1) is 16.9. The Morgan fingerprint density at radius 2 is 1.92 bits per heavy atom. The number of non-ortho nitro benzene ring substituents is 1. The molecular formula is C18H12N4O4. The molecule has 0 saturated carbocycles. The van der Waals surface area contributed by atoms with Crippen LogP contribution in [0.2, 0.25) is 0 Å². The van der Waals surface area contributed by atoms with Gasteiger partial charge in [-0.25, -0.2) is 0 Å². The van der Waals surface area contributed by atoms with Crippen LogP contribution in [0.1, 0.15) is 22.0 Å². The summed E-state index contributed by atoms with van der Waals surface area (Å²) in [5.41, 5.74) is 0.856. The predicted molar refractivity (Wildman–Crippen MR) is 92.2 cm³/mol. The van der Waals surface area contributed by atoms with Crippen LogP contribution in [0.25, 0.3) is 10.9 Å². The van der Waals surface area contributed by atoms with Crippen molar-refractivity contribution in [1.82, 2.24) is 10.3 Å². The van der Waals surface area contributed by atoms with Crippen molar-refractivity contribution in [2.45, 2.75) is 6.04 Å². The summed E-state index contributed by atoms with van der Waals surface area (Å²) in [6, 6.07) is 13.5. The number of nitro groups is 1. The minimum absolute atomic E-state index is 0.00551. The van der Waals surface area contributed by atoms with Gasteiger partial charge in [0.25, 0.3) is 17.4 Å². The third-order valence-corrected chi connectivity index (χ3v) is 3.86. The van der Waals surface area contributed by atoms with Gasteiger partial charge >= 0.3 is 0 Å². The topological polar surface area (TPSA) is 129 Å². The second kappa shape index (κ2) is 6.86. The largest absolute Gasteiger partial charge is 0.360 e. The summed E-state index contributed by atoms with van der Waals surface area (Å²) in [6.07, 6.45) is 1.32. The van der Waals surface area contributed by atoms with E-state index in [1.807, 2.05) is 6.07 Å². The number of nitro benzene ring substituents is 1. The number of Topliss-reactive ketones (excluding diaryl/α,β-unsaturated/α-hetero) is 1. The molecule has 0 bridgehead atoms. The normalized spacial score (nSPS) is 11.5. The second-order valence-corrected chi connectivity index (χ2v) is 5.46. The maximum absolute atomic E-state index is 12.5. The van der Waals surface area contributed by atoms with Gasteiger partial charge in [0.1, 0.15) is 6.04 Å². The monoisotopic (exact) mass is 348 g/mol. The van der Waals surface area contributed by atoms with Crippen LogP contribution in [-0.4, -0.2) is 21.6 Å². The number of nitrogens with zero attached hydrogens (tertiary/aromatic N) is 2. The third-order valence-electron chi connectivity index (χ3n) is 3.86. The van der Waals surface area contributed by atoms with E-state index >= 15 is 0 Å². The Morgan fingerprint density at radius 1 is 1.19 bits per heavy atom. The number of hydrogen-bond donors (Lipinski definition) is 2. The van der Waals surface area contributed by atoms with Gasteiger partial charge in [-0.3, -0.25) is 19.7 Å². The van der Waals surface area contributed by atoms with Gasteiger partial charge in [-0.15, -0.1) is 0 Å². The van der Waals surface area contributed by atoms with Crippen LogP contribution in [0.15, 0.2) is 54.7 Å². The fourth-order valence-electron chi connectivity index (χ4n) is 2.56. The Morgan fingerprint density at radius 3 is 2.58 bits per heavy atom. The minimum Gasteiger partial charge on any atom is -0.360 e. The lowest BCUT2D eigenvalue weighted by atomic mass is 10.1. The van der Waals surface area contributed by atoms with E-state index in [-0.39, 0.29) is 16.6 Å². The van der Waals surface area contributed by atoms with Crippen LogP contribution >= 0.6 is 0 Å². The van der Waals surface area contributed by atoms with Gasteiger partial charge in [-0.2, -0.15) is 5.26 Å². The average molecular weight is 348 g/mol. The Balaban J connectivity index is 1.88. The fourth-order valence-corrected chi connectivity index (χ4v) is 2.56. The Kier molecular flexibility index (Phi) is 4.45. The maximum atomic E-state index is 12.5. The second-order valence-electron chi connectivity index (χ2n) is 5.46. The van der Waals surface area contributed by atoms with E-state index in [1.165, 1.54) is 24.4 Å². The van der Waals surface area contributed by atoms with Gasteiger partial charge in [-0.1, -0.05) is 30.3 Å². The molecule has 8 heteroatoms. The smallest absolute Gasteiger partial charge is 0.293 e. The van der Waals surface area contributed by atoms with Crippen molar-refractivity contribution >= 4 is 28.3 Å². The molecule has 0 spiro atoms. The van der Waals surface area contributed by atoms with E-state index in [2.05, 4.69) is 10.3 Å². The zero-order valence-corrected chi connectivity index (χ0v) is 13.3. The molecule has 26 heavy (non-hydrogen) atoms. The Labute approximate surface area is 147 Å². The molecule has 2 aromatic carbocycles. The van der Waals surface area contributed by atoms with Crippen LogP contribution in [0.5, 0.6) is 0 Å². The molecule has 0 unspecified atom stereocenters. The van der Waals surface area contributed by atoms with Gasteiger partial charge in [0.2, 0.25) is 0 Å². The van der Waals surface area contributed by atoms with Crippen molar-refractivity contribution in [2.24, 2.45) is 0 Å². The zero-order valence-electron chi connectivity index (χ0n) is 13.3. The molecular weight excluding hydrogens is 336 g/mol. The fraction of sp³-hybridized carbons (Fsp3) is 0.0556. The van der Waals surface area contributed by atoms with Gasteiger partial charge < -0.3 is 10.3 Å². The van der Waals surface area contributed by atoms with Crippen LogP contribution in [0, 0.1) is 21.4 Å². The lowest BCUT2D eigenvalue weighted by molar-refractivity contribution is -0.384. The number of hydrogen-bond acceptors (Lipinski definition) is 5. The summed E-state index contributed by atoms with van der Waals surface area (Å²) >= 11 is 0. The summed E-state index contributed by atoms with van der Waals surface area (Å²) < 4.78 is 0. The predicted octanol–water partition coefficient (Wildman–Crippen LogP) is 2.64. The number of nitrogens with one attached hydrogen (secondary N) is 2. The Hall–Kier alpha value is -3.99. The molecule has 0 fully saturated rings. The molecule has 128 valence electrons. The number of aromatic amines is 1. The van der Waals surface area contributed by atoms with Crippen LogP contribution in [0.4, 0.5) is 5.69 Å². The summed E-state index contributed by atoms with van der Waals surface area (Å²) in [6.45, 7) is 0. The number of carbonyl (C=O) groups is 2. The molecule has 1 amide bonds. The third kappa shape index (κ3) is 3.14. The van der Waals surface area contributed by atoms with Gasteiger partial charge in [-0.05, 0) is 11.6 Å². The van der Waals surface area contributed by atoms with E-state index in [0.29, 0.717) is 11.1 Å². The lowest BCUT2D eigenvalue weighted by Gasteiger charge is -2.11. The number of H-pyrrole nitrogens is 1. The zero-order chi connectivity index (χ0) is 18.7. The molecule has 0 aliphatic rings. The van der Waals surface area contributed by atoms with E-state index in [4.69, 9.17) is 0 Å². The average Bonchev–Trinajstić information content (AvgIpc) is 3.09. The number of nitriles is 1. The van der Waals surface area contributed by atoms with Crippen molar-refractivity contribution in [3.63, 3.8) is 0 Å². The number of amides is 1. The highest BCUT2D eigenvalue weighted by Gasteiger charge is 2.24. The van der Waals surface area contributed by atoms with Gasteiger partial charge in [0, 0.05) is 29.2 Å². The highest BCUT2D eigenvalue weighted by Crippen LogP contribution is 2.24. The molecule has 3 rings (SSSR count). The highest BCUT2D eigenvalue weighted by molar-refractivity contribution is 6.45. The molecule has 3 aromatic rings. The highest BCUT2D eigenvalue weighted by atomic mass is 16.6. The van der Waals surface area contributed by atoms with Crippen molar-refractivity contribution in [3.05, 3.63) is 76.0 Å².